The summed E-state index contributed by atoms with van der Waals surface area (Å²) < 4.78 is 0. The van der Waals surface area contributed by atoms with Gasteiger partial charge in [0.15, 0.2) is 5.78 Å². The number of nitrogens with zero attached hydrogens (tertiary/aromatic N) is 1. The summed E-state index contributed by atoms with van der Waals surface area (Å²) in [6, 6.07) is 5.68. The number of hydrogen-bond acceptors (Lipinski definition) is 2. The molecule has 90 valence electrons. The van der Waals surface area contributed by atoms with E-state index in [2.05, 4.69) is 0 Å². The first kappa shape index (κ1) is 11.8. The van der Waals surface area contributed by atoms with Gasteiger partial charge in [0, 0.05) is 31.6 Å². The molecular weight excluding hydrogens is 214 g/mol. The lowest BCUT2D eigenvalue weighted by molar-refractivity contribution is -0.116. The minimum absolute atomic E-state index is 0.00454. The van der Waals surface area contributed by atoms with E-state index in [0.717, 1.165) is 36.1 Å². The maximum Gasteiger partial charge on any atom is 0.223 e. The summed E-state index contributed by atoms with van der Waals surface area (Å²) in [5.74, 6) is 0.236. The van der Waals surface area contributed by atoms with E-state index >= 15 is 0 Å². The fourth-order valence-corrected chi connectivity index (χ4v) is 2.19. The zero-order valence-electron chi connectivity index (χ0n) is 10.3. The Morgan fingerprint density at radius 2 is 1.94 bits per heavy atom. The molecule has 0 bridgehead atoms. The van der Waals surface area contributed by atoms with Crippen molar-refractivity contribution in [2.24, 2.45) is 0 Å². The number of hydrogen-bond donors (Lipinski definition) is 0. The van der Waals surface area contributed by atoms with Crippen LogP contribution in [0, 0.1) is 0 Å². The van der Waals surface area contributed by atoms with Crippen LogP contribution in [0.15, 0.2) is 18.2 Å². The highest BCUT2D eigenvalue weighted by atomic mass is 16.2. The third kappa shape index (κ3) is 2.38. The third-order valence-electron chi connectivity index (χ3n) is 3.35. The molecule has 1 aliphatic rings. The molecule has 0 aromatic heterocycles. The molecule has 3 nitrogen and oxygen atoms in total. The molecule has 1 aliphatic carbocycles. The van der Waals surface area contributed by atoms with Crippen molar-refractivity contribution in [1.82, 2.24) is 0 Å². The Labute approximate surface area is 101 Å². The van der Waals surface area contributed by atoms with Crippen molar-refractivity contribution in [2.45, 2.75) is 32.6 Å². The number of carbonyl (C=O) groups excluding carboxylic acids is 2. The fourth-order valence-electron chi connectivity index (χ4n) is 2.19. The molecule has 0 aliphatic heterocycles. The SMILES string of the molecule is CC(=O)N(C)c1ccc2c(c1)CCCCC2=O. The van der Waals surface area contributed by atoms with Crippen LogP contribution in [0.4, 0.5) is 5.69 Å². The molecule has 0 heterocycles. The first-order valence-corrected chi connectivity index (χ1v) is 6.00. The monoisotopic (exact) mass is 231 g/mol. The van der Waals surface area contributed by atoms with Gasteiger partial charge >= 0.3 is 0 Å². The molecule has 1 aromatic carbocycles. The lowest BCUT2D eigenvalue weighted by Gasteiger charge is -2.17. The van der Waals surface area contributed by atoms with Gasteiger partial charge in [0.1, 0.15) is 0 Å². The van der Waals surface area contributed by atoms with Gasteiger partial charge in [0.2, 0.25) is 5.91 Å². The number of aryl methyl sites for hydroxylation is 1. The summed E-state index contributed by atoms with van der Waals surface area (Å²) in [4.78, 5) is 24.8. The summed E-state index contributed by atoms with van der Waals surface area (Å²) in [5.41, 5.74) is 2.78. The molecule has 3 heteroatoms. The summed E-state index contributed by atoms with van der Waals surface area (Å²) >= 11 is 0. The van der Waals surface area contributed by atoms with Crippen LogP contribution in [0.25, 0.3) is 0 Å². The molecule has 0 saturated heterocycles. The Morgan fingerprint density at radius 1 is 1.24 bits per heavy atom. The minimum Gasteiger partial charge on any atom is -0.316 e. The van der Waals surface area contributed by atoms with Crippen LogP contribution in [0.5, 0.6) is 0 Å². The maximum absolute atomic E-state index is 11.8. The van der Waals surface area contributed by atoms with Gasteiger partial charge < -0.3 is 4.90 Å². The molecule has 0 atom stereocenters. The quantitative estimate of drug-likeness (QED) is 0.697. The van der Waals surface area contributed by atoms with E-state index < -0.39 is 0 Å². The van der Waals surface area contributed by atoms with Crippen LogP contribution in [-0.4, -0.2) is 18.7 Å². The highest BCUT2D eigenvalue weighted by molar-refractivity contribution is 5.99. The third-order valence-corrected chi connectivity index (χ3v) is 3.35. The second-order valence-corrected chi connectivity index (χ2v) is 4.55. The van der Waals surface area contributed by atoms with E-state index in [9.17, 15) is 9.59 Å². The van der Waals surface area contributed by atoms with E-state index in [-0.39, 0.29) is 11.7 Å². The van der Waals surface area contributed by atoms with Crippen molar-refractivity contribution in [3.05, 3.63) is 29.3 Å². The molecular formula is C14H17NO2. The van der Waals surface area contributed by atoms with E-state index in [0.29, 0.717) is 6.42 Å². The normalized spacial score (nSPS) is 15.1. The van der Waals surface area contributed by atoms with Crippen molar-refractivity contribution in [1.29, 1.82) is 0 Å². The first-order valence-electron chi connectivity index (χ1n) is 6.00. The van der Waals surface area contributed by atoms with Crippen molar-refractivity contribution in [3.63, 3.8) is 0 Å². The largest absolute Gasteiger partial charge is 0.316 e. The minimum atomic E-state index is 0.00454. The Morgan fingerprint density at radius 3 is 2.65 bits per heavy atom. The highest BCUT2D eigenvalue weighted by Gasteiger charge is 2.16. The number of rotatable bonds is 1. The van der Waals surface area contributed by atoms with E-state index in [1.54, 1.807) is 11.9 Å². The second-order valence-electron chi connectivity index (χ2n) is 4.55. The van der Waals surface area contributed by atoms with Crippen molar-refractivity contribution >= 4 is 17.4 Å². The average molecular weight is 231 g/mol. The average Bonchev–Trinajstić information content (AvgIpc) is 2.50. The zero-order valence-corrected chi connectivity index (χ0v) is 10.3. The fraction of sp³-hybridized carbons (Fsp3) is 0.429. The number of benzene rings is 1. The molecule has 0 unspecified atom stereocenters. The topological polar surface area (TPSA) is 37.4 Å². The number of anilines is 1. The summed E-state index contributed by atoms with van der Waals surface area (Å²) in [6.45, 7) is 1.54. The van der Waals surface area contributed by atoms with Crippen LogP contribution in [0.3, 0.4) is 0 Å². The smallest absolute Gasteiger partial charge is 0.223 e. The van der Waals surface area contributed by atoms with E-state index in [4.69, 9.17) is 0 Å². The highest BCUT2D eigenvalue weighted by Crippen LogP contribution is 2.25. The molecule has 1 aromatic rings. The summed E-state index contributed by atoms with van der Waals surface area (Å²) in [6.07, 6.45) is 3.59. The molecule has 1 amide bonds. The number of carbonyl (C=O) groups is 2. The number of ketones is 1. The lowest BCUT2D eigenvalue weighted by atomic mass is 10.0. The Kier molecular flexibility index (Phi) is 3.27. The van der Waals surface area contributed by atoms with Gasteiger partial charge in [0.05, 0.1) is 0 Å². The van der Waals surface area contributed by atoms with Crippen LogP contribution in [0.1, 0.15) is 42.1 Å². The van der Waals surface area contributed by atoms with Crippen molar-refractivity contribution < 1.29 is 9.59 Å². The van der Waals surface area contributed by atoms with Gasteiger partial charge in [-0.3, -0.25) is 9.59 Å². The first-order chi connectivity index (χ1) is 8.09. The molecule has 0 saturated carbocycles. The van der Waals surface area contributed by atoms with Crippen LogP contribution >= 0.6 is 0 Å². The van der Waals surface area contributed by atoms with Gasteiger partial charge in [-0.05, 0) is 43.0 Å². The van der Waals surface area contributed by atoms with Crippen LogP contribution < -0.4 is 4.90 Å². The maximum atomic E-state index is 11.8. The lowest BCUT2D eigenvalue weighted by Crippen LogP contribution is -2.23. The van der Waals surface area contributed by atoms with Gasteiger partial charge in [-0.15, -0.1) is 0 Å². The second kappa shape index (κ2) is 4.70. The van der Waals surface area contributed by atoms with Gasteiger partial charge in [-0.1, -0.05) is 0 Å². The Hall–Kier alpha value is -1.64. The summed E-state index contributed by atoms with van der Waals surface area (Å²) in [7, 11) is 1.75. The van der Waals surface area contributed by atoms with Gasteiger partial charge in [-0.2, -0.15) is 0 Å². The molecule has 0 spiro atoms. The molecule has 0 radical (unpaired) electrons. The predicted octanol–water partition coefficient (Wildman–Crippen LogP) is 2.58. The zero-order chi connectivity index (χ0) is 12.4. The number of Topliss-reactive ketones (excluding diaryl/α,β-unsaturated/α-hetero) is 1. The van der Waals surface area contributed by atoms with E-state index in [1.807, 2.05) is 18.2 Å². The summed E-state index contributed by atoms with van der Waals surface area (Å²) in [5, 5.41) is 0. The number of amides is 1. The Bertz CT molecular complexity index is 465. The Balaban J connectivity index is 2.39. The number of fused-ring (bicyclic) bond motifs is 1. The van der Waals surface area contributed by atoms with Gasteiger partial charge in [0.25, 0.3) is 0 Å². The predicted molar refractivity (Wildman–Crippen MR) is 67.4 cm³/mol. The molecule has 0 fully saturated rings. The van der Waals surface area contributed by atoms with Crippen LogP contribution in [0.2, 0.25) is 0 Å². The van der Waals surface area contributed by atoms with E-state index in [1.165, 1.54) is 6.92 Å². The standard InChI is InChI=1S/C14H17NO2/c1-10(16)15(2)12-7-8-13-11(9-12)5-3-4-6-14(13)17/h7-9H,3-6H2,1-2H3. The van der Waals surface area contributed by atoms with Crippen molar-refractivity contribution in [2.75, 3.05) is 11.9 Å². The molecule has 0 N–H and O–H groups in total. The molecule has 17 heavy (non-hydrogen) atoms. The van der Waals surface area contributed by atoms with Crippen LogP contribution in [-0.2, 0) is 11.2 Å². The van der Waals surface area contributed by atoms with Gasteiger partial charge in [-0.25, -0.2) is 0 Å². The molecule has 2 rings (SSSR count). The van der Waals surface area contributed by atoms with Crippen molar-refractivity contribution in [3.8, 4) is 0 Å².